The van der Waals surface area contributed by atoms with Crippen LogP contribution in [0.5, 0.6) is 0 Å². The number of carbonyl (C=O) groups excluding carboxylic acids is 2. The van der Waals surface area contributed by atoms with Gasteiger partial charge in [0.2, 0.25) is 0 Å². The van der Waals surface area contributed by atoms with Crippen molar-refractivity contribution in [3.05, 3.63) is 35.7 Å². The molecule has 6 heteroatoms. The van der Waals surface area contributed by atoms with Gasteiger partial charge in [-0.25, -0.2) is 9.78 Å². The number of esters is 1. The van der Waals surface area contributed by atoms with Gasteiger partial charge in [0.1, 0.15) is 5.69 Å². The predicted molar refractivity (Wildman–Crippen MR) is 92.8 cm³/mol. The molecule has 0 radical (unpaired) electrons. The number of hydrogen-bond donors (Lipinski definition) is 2. The molecule has 0 saturated heterocycles. The fourth-order valence-electron chi connectivity index (χ4n) is 2.56. The summed E-state index contributed by atoms with van der Waals surface area (Å²) in [6.07, 6.45) is 8.56. The Bertz CT molecular complexity index is 596. The highest BCUT2D eigenvalue weighted by atomic mass is 16.5. The van der Waals surface area contributed by atoms with Crippen molar-refractivity contribution in [3.8, 4) is 0 Å². The number of anilines is 1. The van der Waals surface area contributed by atoms with Crippen molar-refractivity contribution in [1.29, 1.82) is 0 Å². The summed E-state index contributed by atoms with van der Waals surface area (Å²) in [5.74, 6) is -0.887. The van der Waals surface area contributed by atoms with Crippen LogP contribution in [0.15, 0.2) is 30.0 Å². The molecule has 1 atom stereocenters. The molecule has 1 aromatic heterocycles. The average molecular weight is 331 g/mol. The van der Waals surface area contributed by atoms with Gasteiger partial charge in [-0.3, -0.25) is 4.79 Å². The van der Waals surface area contributed by atoms with E-state index in [1.54, 1.807) is 32.3 Å². The minimum atomic E-state index is -0.844. The summed E-state index contributed by atoms with van der Waals surface area (Å²) in [5, 5.41) is 5.74. The summed E-state index contributed by atoms with van der Waals surface area (Å²) >= 11 is 0. The number of carbonyl (C=O) groups is 2. The summed E-state index contributed by atoms with van der Waals surface area (Å²) in [6, 6.07) is 3.29. The summed E-state index contributed by atoms with van der Waals surface area (Å²) in [5.41, 5.74) is 2.38. The van der Waals surface area contributed by atoms with Crippen molar-refractivity contribution in [2.75, 3.05) is 18.9 Å². The number of ether oxygens (including phenoxy) is 1. The predicted octanol–water partition coefficient (Wildman–Crippen LogP) is 2.68. The van der Waals surface area contributed by atoms with Gasteiger partial charge in [0.05, 0.1) is 11.9 Å². The molecule has 130 valence electrons. The van der Waals surface area contributed by atoms with E-state index in [0.29, 0.717) is 6.54 Å². The Morgan fingerprint density at radius 1 is 1.33 bits per heavy atom. The lowest BCUT2D eigenvalue weighted by Crippen LogP contribution is -2.36. The van der Waals surface area contributed by atoms with Gasteiger partial charge in [-0.2, -0.15) is 0 Å². The molecule has 0 spiro atoms. The van der Waals surface area contributed by atoms with Crippen LogP contribution in [0.25, 0.3) is 0 Å². The lowest BCUT2D eigenvalue weighted by atomic mass is 9.97. The third-order valence-corrected chi connectivity index (χ3v) is 4.04. The highest BCUT2D eigenvalue weighted by molar-refractivity contribution is 5.90. The van der Waals surface area contributed by atoms with E-state index >= 15 is 0 Å². The molecular weight excluding hydrogens is 306 g/mol. The van der Waals surface area contributed by atoms with Gasteiger partial charge >= 0.3 is 5.97 Å². The standard InChI is InChI=1S/C18H25N3O3/c1-13(17(22)20-11-10-14-6-4-3-5-7-14)24-18(23)16-9-8-15(19-2)12-21-16/h6,8-9,12-13,19H,3-5,7,10-11H2,1-2H3,(H,20,22). The van der Waals surface area contributed by atoms with Crippen molar-refractivity contribution in [2.45, 2.75) is 45.1 Å². The van der Waals surface area contributed by atoms with E-state index in [0.717, 1.165) is 24.9 Å². The maximum absolute atomic E-state index is 12.0. The van der Waals surface area contributed by atoms with Gasteiger partial charge in [0.15, 0.2) is 6.10 Å². The van der Waals surface area contributed by atoms with E-state index in [-0.39, 0.29) is 11.6 Å². The fourth-order valence-corrected chi connectivity index (χ4v) is 2.56. The zero-order chi connectivity index (χ0) is 17.4. The van der Waals surface area contributed by atoms with Gasteiger partial charge < -0.3 is 15.4 Å². The Hall–Kier alpha value is -2.37. The molecular formula is C18H25N3O3. The Balaban J connectivity index is 1.75. The zero-order valence-electron chi connectivity index (χ0n) is 14.3. The van der Waals surface area contributed by atoms with Crippen LogP contribution in [-0.4, -0.2) is 36.6 Å². The number of aromatic nitrogens is 1. The average Bonchev–Trinajstić information content (AvgIpc) is 2.62. The van der Waals surface area contributed by atoms with Gasteiger partial charge in [0.25, 0.3) is 5.91 Å². The molecule has 1 heterocycles. The number of rotatable bonds is 7. The van der Waals surface area contributed by atoms with E-state index in [9.17, 15) is 9.59 Å². The summed E-state index contributed by atoms with van der Waals surface area (Å²) in [6.45, 7) is 2.14. The lowest BCUT2D eigenvalue weighted by molar-refractivity contribution is -0.129. The number of nitrogens with one attached hydrogen (secondary N) is 2. The normalized spacial score (nSPS) is 15.2. The summed E-state index contributed by atoms with van der Waals surface area (Å²) in [4.78, 5) is 28.0. The van der Waals surface area contributed by atoms with Crippen LogP contribution >= 0.6 is 0 Å². The van der Waals surface area contributed by atoms with Crippen LogP contribution in [0, 0.1) is 0 Å². The van der Waals surface area contributed by atoms with Gasteiger partial charge in [-0.15, -0.1) is 0 Å². The Morgan fingerprint density at radius 3 is 2.79 bits per heavy atom. The van der Waals surface area contributed by atoms with E-state index in [4.69, 9.17) is 4.74 Å². The van der Waals surface area contributed by atoms with Crippen LogP contribution in [0.2, 0.25) is 0 Å². The van der Waals surface area contributed by atoms with E-state index in [1.165, 1.54) is 18.4 Å². The van der Waals surface area contributed by atoms with Gasteiger partial charge in [0, 0.05) is 13.6 Å². The number of allylic oxidation sites excluding steroid dienone is 1. The summed E-state index contributed by atoms with van der Waals surface area (Å²) in [7, 11) is 1.77. The molecule has 2 N–H and O–H groups in total. The number of amides is 1. The molecule has 1 aromatic rings. The number of nitrogens with zero attached hydrogens (tertiary/aromatic N) is 1. The van der Waals surface area contributed by atoms with Crippen molar-refractivity contribution >= 4 is 17.6 Å². The summed E-state index contributed by atoms with van der Waals surface area (Å²) < 4.78 is 5.17. The molecule has 24 heavy (non-hydrogen) atoms. The minimum absolute atomic E-state index is 0.181. The highest BCUT2D eigenvalue weighted by Crippen LogP contribution is 2.19. The van der Waals surface area contributed by atoms with Crippen LogP contribution in [0.4, 0.5) is 5.69 Å². The fraction of sp³-hybridized carbons (Fsp3) is 0.500. The van der Waals surface area contributed by atoms with E-state index in [2.05, 4.69) is 21.7 Å². The Morgan fingerprint density at radius 2 is 2.17 bits per heavy atom. The monoisotopic (exact) mass is 331 g/mol. The van der Waals surface area contributed by atoms with Crippen LogP contribution in [0.1, 0.15) is 49.5 Å². The minimum Gasteiger partial charge on any atom is -0.448 e. The van der Waals surface area contributed by atoms with Crippen molar-refractivity contribution in [2.24, 2.45) is 0 Å². The molecule has 0 aliphatic heterocycles. The quantitative estimate of drug-likeness (QED) is 0.593. The smallest absolute Gasteiger partial charge is 0.357 e. The maximum Gasteiger partial charge on any atom is 0.357 e. The first-order valence-corrected chi connectivity index (χ1v) is 8.40. The lowest BCUT2D eigenvalue weighted by Gasteiger charge is -2.15. The highest BCUT2D eigenvalue weighted by Gasteiger charge is 2.19. The van der Waals surface area contributed by atoms with Crippen molar-refractivity contribution in [1.82, 2.24) is 10.3 Å². The largest absolute Gasteiger partial charge is 0.448 e. The van der Waals surface area contributed by atoms with Gasteiger partial charge in [-0.1, -0.05) is 11.6 Å². The maximum atomic E-state index is 12.0. The molecule has 0 fully saturated rings. The molecule has 6 nitrogen and oxygen atoms in total. The van der Waals surface area contributed by atoms with Crippen LogP contribution in [0.3, 0.4) is 0 Å². The third kappa shape index (κ3) is 5.37. The van der Waals surface area contributed by atoms with Crippen molar-refractivity contribution < 1.29 is 14.3 Å². The van der Waals surface area contributed by atoms with Crippen molar-refractivity contribution in [3.63, 3.8) is 0 Å². The van der Waals surface area contributed by atoms with E-state index in [1.807, 2.05) is 0 Å². The second-order valence-corrected chi connectivity index (χ2v) is 5.88. The topological polar surface area (TPSA) is 80.3 Å². The third-order valence-electron chi connectivity index (χ3n) is 4.04. The number of pyridine rings is 1. The van der Waals surface area contributed by atoms with Gasteiger partial charge in [-0.05, 0) is 51.2 Å². The molecule has 1 unspecified atom stereocenters. The van der Waals surface area contributed by atoms with Crippen LogP contribution in [-0.2, 0) is 9.53 Å². The number of hydrogen-bond acceptors (Lipinski definition) is 5. The molecule has 1 aliphatic carbocycles. The first kappa shape index (κ1) is 18.0. The second-order valence-electron chi connectivity index (χ2n) is 5.88. The molecule has 2 rings (SSSR count). The SMILES string of the molecule is CNc1ccc(C(=O)OC(C)C(=O)NCCC2=CCCCC2)nc1. The molecule has 0 aromatic carbocycles. The Kier molecular flexibility index (Phi) is 6.78. The first-order valence-electron chi connectivity index (χ1n) is 8.40. The molecule has 1 aliphatic rings. The second kappa shape index (κ2) is 9.05. The molecule has 1 amide bonds. The Labute approximate surface area is 142 Å². The first-order chi connectivity index (χ1) is 11.6. The molecule has 0 bridgehead atoms. The van der Waals surface area contributed by atoms with Crippen LogP contribution < -0.4 is 10.6 Å². The van der Waals surface area contributed by atoms with E-state index < -0.39 is 12.1 Å². The zero-order valence-corrected chi connectivity index (χ0v) is 14.3. The molecule has 0 saturated carbocycles.